The van der Waals surface area contributed by atoms with Gasteiger partial charge in [-0.1, -0.05) is 12.1 Å². The third-order valence-corrected chi connectivity index (χ3v) is 4.33. The average molecular weight is 409 g/mol. The molecule has 1 amide bonds. The molecule has 0 unspecified atom stereocenters. The van der Waals surface area contributed by atoms with Crippen molar-refractivity contribution in [2.75, 3.05) is 24.4 Å². The molecule has 3 aromatic rings. The summed E-state index contributed by atoms with van der Waals surface area (Å²) in [7, 11) is 1.71. The fraction of sp³-hybridized carbons (Fsp3) is 0.348. The van der Waals surface area contributed by atoms with Crippen molar-refractivity contribution < 1.29 is 14.3 Å². The van der Waals surface area contributed by atoms with E-state index in [2.05, 4.69) is 39.0 Å². The molecular weight excluding hydrogens is 380 g/mol. The number of hydrogen-bond donors (Lipinski definition) is 2. The highest BCUT2D eigenvalue weighted by Gasteiger charge is 2.16. The molecule has 1 heterocycles. The molecule has 0 spiro atoms. The van der Waals surface area contributed by atoms with Crippen LogP contribution in [0.4, 0.5) is 21.9 Å². The van der Waals surface area contributed by atoms with E-state index in [4.69, 9.17) is 9.47 Å². The maximum atomic E-state index is 11.9. The monoisotopic (exact) mass is 408 g/mol. The molecule has 0 saturated heterocycles. The van der Waals surface area contributed by atoms with Gasteiger partial charge in [0.2, 0.25) is 0 Å². The van der Waals surface area contributed by atoms with Crippen LogP contribution < -0.4 is 10.6 Å². The SMILES string of the molecule is COCCCc1ccc2c(Nc3ccc(NC(=O)OC(C)(C)C)cc3)cnnc2c1. The number of nitrogens with one attached hydrogen (secondary N) is 2. The van der Waals surface area contributed by atoms with Gasteiger partial charge in [0.15, 0.2) is 0 Å². The minimum Gasteiger partial charge on any atom is -0.444 e. The van der Waals surface area contributed by atoms with Gasteiger partial charge < -0.3 is 14.8 Å². The highest BCUT2D eigenvalue weighted by atomic mass is 16.6. The van der Waals surface area contributed by atoms with Crippen molar-refractivity contribution in [1.82, 2.24) is 10.2 Å². The molecule has 1 aromatic heterocycles. The van der Waals surface area contributed by atoms with Crippen LogP contribution in [0, 0.1) is 0 Å². The topological polar surface area (TPSA) is 85.4 Å². The van der Waals surface area contributed by atoms with Crippen LogP contribution in [0.5, 0.6) is 0 Å². The Morgan fingerprint density at radius 3 is 2.50 bits per heavy atom. The van der Waals surface area contributed by atoms with Gasteiger partial charge in [-0.2, -0.15) is 10.2 Å². The number of carbonyl (C=O) groups is 1. The van der Waals surface area contributed by atoms with Crippen LogP contribution in [0.1, 0.15) is 32.8 Å². The Morgan fingerprint density at radius 2 is 1.80 bits per heavy atom. The highest BCUT2D eigenvalue weighted by molar-refractivity contribution is 5.92. The molecule has 0 saturated carbocycles. The Balaban J connectivity index is 1.69. The van der Waals surface area contributed by atoms with Crippen LogP contribution in [0.2, 0.25) is 0 Å². The molecule has 0 atom stereocenters. The molecule has 2 aromatic carbocycles. The number of anilines is 3. The lowest BCUT2D eigenvalue weighted by atomic mass is 10.1. The third kappa shape index (κ3) is 6.15. The Hall–Kier alpha value is -3.19. The summed E-state index contributed by atoms with van der Waals surface area (Å²) in [5.41, 5.74) is 3.93. The minimum atomic E-state index is -0.537. The zero-order valence-electron chi connectivity index (χ0n) is 17.9. The molecule has 7 heteroatoms. The van der Waals surface area contributed by atoms with Gasteiger partial charge in [0.25, 0.3) is 0 Å². The number of hydrogen-bond acceptors (Lipinski definition) is 6. The van der Waals surface area contributed by atoms with Crippen LogP contribution in [0.25, 0.3) is 10.9 Å². The first kappa shape index (κ1) is 21.5. The van der Waals surface area contributed by atoms with Gasteiger partial charge >= 0.3 is 6.09 Å². The van der Waals surface area contributed by atoms with Crippen molar-refractivity contribution >= 4 is 34.1 Å². The number of benzene rings is 2. The molecule has 2 N–H and O–H groups in total. The van der Waals surface area contributed by atoms with E-state index >= 15 is 0 Å². The van der Waals surface area contributed by atoms with Crippen LogP contribution in [0.3, 0.4) is 0 Å². The van der Waals surface area contributed by atoms with Crippen molar-refractivity contribution in [3.05, 3.63) is 54.2 Å². The van der Waals surface area contributed by atoms with E-state index < -0.39 is 11.7 Å². The number of methoxy groups -OCH3 is 1. The van der Waals surface area contributed by atoms with Gasteiger partial charge in [-0.15, -0.1) is 0 Å². The molecular formula is C23H28N4O3. The number of fused-ring (bicyclic) bond motifs is 1. The van der Waals surface area contributed by atoms with Crippen molar-refractivity contribution in [3.63, 3.8) is 0 Å². The van der Waals surface area contributed by atoms with E-state index in [1.54, 1.807) is 13.3 Å². The normalized spacial score (nSPS) is 11.3. The maximum absolute atomic E-state index is 11.9. The molecule has 0 fully saturated rings. The second-order valence-corrected chi connectivity index (χ2v) is 8.04. The second kappa shape index (κ2) is 9.54. The van der Waals surface area contributed by atoms with Gasteiger partial charge in [0, 0.05) is 30.5 Å². The molecule has 0 aliphatic heterocycles. The van der Waals surface area contributed by atoms with E-state index in [0.717, 1.165) is 41.7 Å². The van der Waals surface area contributed by atoms with E-state index in [9.17, 15) is 4.79 Å². The summed E-state index contributed by atoms with van der Waals surface area (Å²) in [6.07, 6.45) is 3.14. The quantitative estimate of drug-likeness (QED) is 0.516. The van der Waals surface area contributed by atoms with Crippen molar-refractivity contribution in [1.29, 1.82) is 0 Å². The summed E-state index contributed by atoms with van der Waals surface area (Å²) in [5, 5.41) is 15.5. The van der Waals surface area contributed by atoms with Gasteiger partial charge in [-0.25, -0.2) is 4.79 Å². The largest absolute Gasteiger partial charge is 0.444 e. The van der Waals surface area contributed by atoms with Gasteiger partial charge in [0.1, 0.15) is 5.60 Å². The number of nitrogens with zero attached hydrogens (tertiary/aromatic N) is 2. The lowest BCUT2D eigenvalue weighted by molar-refractivity contribution is 0.0636. The molecule has 0 bridgehead atoms. The average Bonchev–Trinajstić information content (AvgIpc) is 2.68. The van der Waals surface area contributed by atoms with E-state index in [1.165, 1.54) is 5.56 Å². The predicted octanol–water partition coefficient (Wildman–Crippen LogP) is 5.30. The van der Waals surface area contributed by atoms with Crippen molar-refractivity contribution in [3.8, 4) is 0 Å². The fourth-order valence-corrected chi connectivity index (χ4v) is 3.00. The number of aromatic nitrogens is 2. The number of rotatable bonds is 7. The first-order valence-electron chi connectivity index (χ1n) is 9.94. The van der Waals surface area contributed by atoms with Crippen molar-refractivity contribution in [2.24, 2.45) is 0 Å². The van der Waals surface area contributed by atoms with E-state index in [0.29, 0.717) is 5.69 Å². The van der Waals surface area contributed by atoms with Gasteiger partial charge in [-0.3, -0.25) is 5.32 Å². The van der Waals surface area contributed by atoms with Crippen LogP contribution in [-0.2, 0) is 15.9 Å². The summed E-state index contributed by atoms with van der Waals surface area (Å²) in [6.45, 7) is 6.23. The maximum Gasteiger partial charge on any atom is 0.412 e. The van der Waals surface area contributed by atoms with Gasteiger partial charge in [-0.05, 0) is 69.5 Å². The minimum absolute atomic E-state index is 0.478. The molecule has 0 aliphatic rings. The zero-order valence-corrected chi connectivity index (χ0v) is 17.9. The summed E-state index contributed by atoms with van der Waals surface area (Å²) in [6, 6.07) is 13.6. The first-order chi connectivity index (χ1) is 14.3. The number of aryl methyl sites for hydroxylation is 1. The summed E-state index contributed by atoms with van der Waals surface area (Å²) >= 11 is 0. The van der Waals surface area contributed by atoms with E-state index in [1.807, 2.05) is 45.0 Å². The molecule has 0 aliphatic carbocycles. The lowest BCUT2D eigenvalue weighted by Crippen LogP contribution is -2.27. The number of amides is 1. The van der Waals surface area contributed by atoms with Crippen LogP contribution >= 0.6 is 0 Å². The number of carbonyl (C=O) groups excluding carboxylic acids is 1. The molecule has 158 valence electrons. The van der Waals surface area contributed by atoms with Crippen molar-refractivity contribution in [2.45, 2.75) is 39.2 Å². The predicted molar refractivity (Wildman–Crippen MR) is 119 cm³/mol. The molecule has 3 rings (SSSR count). The molecule has 0 radical (unpaired) electrons. The van der Waals surface area contributed by atoms with Crippen LogP contribution in [0.15, 0.2) is 48.7 Å². The smallest absolute Gasteiger partial charge is 0.412 e. The second-order valence-electron chi connectivity index (χ2n) is 8.04. The lowest BCUT2D eigenvalue weighted by Gasteiger charge is -2.19. The molecule has 30 heavy (non-hydrogen) atoms. The summed E-state index contributed by atoms with van der Waals surface area (Å²) in [4.78, 5) is 11.9. The van der Waals surface area contributed by atoms with Crippen LogP contribution in [-0.4, -0.2) is 35.6 Å². The molecule has 7 nitrogen and oxygen atoms in total. The first-order valence-corrected chi connectivity index (χ1v) is 9.94. The Kier molecular flexibility index (Phi) is 6.84. The zero-order chi connectivity index (χ0) is 21.6. The Bertz CT molecular complexity index is 997. The Labute approximate surface area is 176 Å². The fourth-order valence-electron chi connectivity index (χ4n) is 3.00. The highest BCUT2D eigenvalue weighted by Crippen LogP contribution is 2.26. The summed E-state index contributed by atoms with van der Waals surface area (Å²) < 4.78 is 10.4. The van der Waals surface area contributed by atoms with Gasteiger partial charge in [0.05, 0.1) is 17.4 Å². The number of ether oxygens (including phenoxy) is 2. The Morgan fingerprint density at radius 1 is 1.07 bits per heavy atom. The summed E-state index contributed by atoms with van der Waals surface area (Å²) in [5.74, 6) is 0. The third-order valence-electron chi connectivity index (χ3n) is 4.33. The van der Waals surface area contributed by atoms with E-state index in [-0.39, 0.29) is 0 Å². The standard InChI is InChI=1S/C23H28N4O3/c1-23(2,3)30-22(28)26-18-10-8-17(9-11-18)25-21-15-24-27-20-14-16(6-5-13-29-4)7-12-19(20)21/h7-12,14-15H,5-6,13H2,1-4H3,(H,25,27)(H,26,28).